The second-order valence-electron chi connectivity index (χ2n) is 8.44. The Hall–Kier alpha value is -4.12. The summed E-state index contributed by atoms with van der Waals surface area (Å²) in [5.74, 6) is -0.565. The molecule has 1 amide bonds. The molecule has 0 saturated heterocycles. The summed E-state index contributed by atoms with van der Waals surface area (Å²) in [6, 6.07) is 29.5. The Kier molecular flexibility index (Phi) is 7.46. The van der Waals surface area contributed by atoms with Gasteiger partial charge in [0.1, 0.15) is 5.69 Å². The molecule has 0 aliphatic heterocycles. The SMILES string of the molecule is CCOC(=O)c1c(C)c(C(=O)N(Cc2ccccc2)c2ccccc2)c(C)n1Cc1ccccc1. The van der Waals surface area contributed by atoms with Crippen LogP contribution in [0.25, 0.3) is 0 Å². The van der Waals surface area contributed by atoms with Crippen LogP contribution in [-0.2, 0) is 17.8 Å². The van der Waals surface area contributed by atoms with Crippen molar-refractivity contribution in [3.8, 4) is 0 Å². The van der Waals surface area contributed by atoms with Crippen LogP contribution < -0.4 is 4.90 Å². The molecule has 5 nitrogen and oxygen atoms in total. The van der Waals surface area contributed by atoms with Gasteiger partial charge in [-0.1, -0.05) is 78.9 Å². The summed E-state index contributed by atoms with van der Waals surface area (Å²) in [7, 11) is 0. The molecule has 0 spiro atoms. The third kappa shape index (κ3) is 5.19. The van der Waals surface area contributed by atoms with Crippen molar-refractivity contribution in [3.05, 3.63) is 125 Å². The molecule has 0 aliphatic rings. The Morgan fingerprint density at radius 2 is 1.34 bits per heavy atom. The van der Waals surface area contributed by atoms with Crippen LogP contribution in [0.2, 0.25) is 0 Å². The molecule has 0 saturated carbocycles. The summed E-state index contributed by atoms with van der Waals surface area (Å²) in [5, 5.41) is 0. The molecule has 35 heavy (non-hydrogen) atoms. The van der Waals surface area contributed by atoms with Crippen LogP contribution in [0.5, 0.6) is 0 Å². The van der Waals surface area contributed by atoms with Gasteiger partial charge in [-0.05, 0) is 49.6 Å². The van der Waals surface area contributed by atoms with E-state index in [-0.39, 0.29) is 12.5 Å². The van der Waals surface area contributed by atoms with Crippen molar-refractivity contribution in [1.29, 1.82) is 0 Å². The second kappa shape index (κ2) is 10.9. The fraction of sp³-hybridized carbons (Fsp3) is 0.200. The van der Waals surface area contributed by atoms with Gasteiger partial charge < -0.3 is 14.2 Å². The van der Waals surface area contributed by atoms with Gasteiger partial charge in [-0.3, -0.25) is 4.79 Å². The number of benzene rings is 3. The van der Waals surface area contributed by atoms with E-state index in [1.54, 1.807) is 11.8 Å². The molecule has 0 atom stereocenters. The van der Waals surface area contributed by atoms with E-state index in [0.717, 1.165) is 22.5 Å². The topological polar surface area (TPSA) is 51.5 Å². The number of rotatable bonds is 8. The van der Waals surface area contributed by atoms with Crippen molar-refractivity contribution >= 4 is 17.6 Å². The van der Waals surface area contributed by atoms with E-state index >= 15 is 0 Å². The van der Waals surface area contributed by atoms with E-state index < -0.39 is 5.97 Å². The number of para-hydroxylation sites is 1. The predicted octanol–water partition coefficient (Wildman–Crippen LogP) is 6.18. The average Bonchev–Trinajstić information content (AvgIpc) is 3.13. The van der Waals surface area contributed by atoms with Gasteiger partial charge in [-0.25, -0.2) is 4.79 Å². The van der Waals surface area contributed by atoms with E-state index in [1.165, 1.54) is 0 Å². The third-order valence-corrected chi connectivity index (χ3v) is 6.13. The lowest BCUT2D eigenvalue weighted by atomic mass is 10.1. The van der Waals surface area contributed by atoms with Gasteiger partial charge in [0.25, 0.3) is 5.91 Å². The Labute approximate surface area is 206 Å². The minimum Gasteiger partial charge on any atom is -0.461 e. The van der Waals surface area contributed by atoms with E-state index in [2.05, 4.69) is 0 Å². The van der Waals surface area contributed by atoms with E-state index in [4.69, 9.17) is 4.74 Å². The standard InChI is InChI=1S/C30H30N2O3/c1-4-35-30(34)28-22(2)27(23(3)31(28)20-24-14-8-5-9-15-24)29(33)32(26-18-12-7-13-19-26)21-25-16-10-6-11-17-25/h5-19H,4,20-21H2,1-3H3. The van der Waals surface area contributed by atoms with Crippen molar-refractivity contribution < 1.29 is 14.3 Å². The molecule has 4 rings (SSSR count). The summed E-state index contributed by atoms with van der Waals surface area (Å²) in [6.45, 7) is 6.67. The molecule has 4 aromatic rings. The van der Waals surface area contributed by atoms with Crippen molar-refractivity contribution in [2.24, 2.45) is 0 Å². The molecular formula is C30H30N2O3. The van der Waals surface area contributed by atoms with Crippen molar-refractivity contribution in [2.75, 3.05) is 11.5 Å². The van der Waals surface area contributed by atoms with Crippen molar-refractivity contribution in [1.82, 2.24) is 4.57 Å². The van der Waals surface area contributed by atoms with Crippen LogP contribution in [0.4, 0.5) is 5.69 Å². The Bertz CT molecular complexity index is 1300. The second-order valence-corrected chi connectivity index (χ2v) is 8.44. The monoisotopic (exact) mass is 466 g/mol. The first-order valence-electron chi connectivity index (χ1n) is 11.8. The molecule has 5 heteroatoms. The molecule has 0 unspecified atom stereocenters. The first-order valence-corrected chi connectivity index (χ1v) is 11.8. The molecule has 1 heterocycles. The number of hydrogen-bond donors (Lipinski definition) is 0. The molecule has 0 fully saturated rings. The Morgan fingerprint density at radius 1 is 0.800 bits per heavy atom. The minimum absolute atomic E-state index is 0.146. The van der Waals surface area contributed by atoms with Crippen LogP contribution in [0.3, 0.4) is 0 Å². The van der Waals surface area contributed by atoms with Crippen LogP contribution in [0, 0.1) is 13.8 Å². The molecular weight excluding hydrogens is 436 g/mol. The molecule has 0 radical (unpaired) electrons. The highest BCUT2D eigenvalue weighted by atomic mass is 16.5. The van der Waals surface area contributed by atoms with Crippen LogP contribution >= 0.6 is 0 Å². The molecule has 3 aromatic carbocycles. The molecule has 0 aliphatic carbocycles. The summed E-state index contributed by atoms with van der Waals surface area (Å²) in [5.41, 5.74) is 5.19. The molecule has 1 aromatic heterocycles. The number of hydrogen-bond acceptors (Lipinski definition) is 3. The van der Waals surface area contributed by atoms with E-state index in [1.807, 2.05) is 109 Å². The highest BCUT2D eigenvalue weighted by Gasteiger charge is 2.30. The van der Waals surface area contributed by atoms with E-state index in [0.29, 0.717) is 29.9 Å². The number of esters is 1. The van der Waals surface area contributed by atoms with Gasteiger partial charge in [-0.2, -0.15) is 0 Å². The fourth-order valence-corrected chi connectivity index (χ4v) is 4.43. The number of nitrogens with zero attached hydrogens (tertiary/aromatic N) is 2. The summed E-state index contributed by atoms with van der Waals surface area (Å²) >= 11 is 0. The summed E-state index contributed by atoms with van der Waals surface area (Å²) < 4.78 is 7.30. The number of carbonyl (C=O) groups is 2. The number of amides is 1. The first-order chi connectivity index (χ1) is 17.0. The lowest BCUT2D eigenvalue weighted by Gasteiger charge is -2.24. The number of aromatic nitrogens is 1. The minimum atomic E-state index is -0.419. The van der Waals surface area contributed by atoms with Crippen LogP contribution in [0.1, 0.15) is 50.2 Å². The summed E-state index contributed by atoms with van der Waals surface area (Å²) in [6.07, 6.45) is 0. The zero-order valence-electron chi connectivity index (χ0n) is 20.4. The van der Waals surface area contributed by atoms with Crippen molar-refractivity contribution in [2.45, 2.75) is 33.9 Å². The largest absolute Gasteiger partial charge is 0.461 e. The van der Waals surface area contributed by atoms with Crippen LogP contribution in [0.15, 0.2) is 91.0 Å². The number of anilines is 1. The van der Waals surface area contributed by atoms with Crippen LogP contribution in [-0.4, -0.2) is 23.1 Å². The maximum Gasteiger partial charge on any atom is 0.355 e. The normalized spacial score (nSPS) is 10.7. The van der Waals surface area contributed by atoms with Gasteiger partial charge >= 0.3 is 5.97 Å². The lowest BCUT2D eigenvalue weighted by Crippen LogP contribution is -2.31. The van der Waals surface area contributed by atoms with Gasteiger partial charge in [0.2, 0.25) is 0 Å². The van der Waals surface area contributed by atoms with Gasteiger partial charge in [-0.15, -0.1) is 0 Å². The smallest absolute Gasteiger partial charge is 0.355 e. The van der Waals surface area contributed by atoms with Gasteiger partial charge in [0.05, 0.1) is 18.7 Å². The fourth-order valence-electron chi connectivity index (χ4n) is 4.43. The highest BCUT2D eigenvalue weighted by molar-refractivity contribution is 6.09. The highest BCUT2D eigenvalue weighted by Crippen LogP contribution is 2.29. The maximum atomic E-state index is 14.2. The zero-order valence-corrected chi connectivity index (χ0v) is 20.4. The van der Waals surface area contributed by atoms with Gasteiger partial charge in [0, 0.05) is 17.9 Å². The molecule has 0 N–H and O–H groups in total. The third-order valence-electron chi connectivity index (χ3n) is 6.13. The van der Waals surface area contributed by atoms with Crippen molar-refractivity contribution in [3.63, 3.8) is 0 Å². The quantitative estimate of drug-likeness (QED) is 0.292. The number of carbonyl (C=O) groups excluding carboxylic acids is 2. The Balaban J connectivity index is 1.82. The molecule has 0 bridgehead atoms. The zero-order chi connectivity index (χ0) is 24.8. The lowest BCUT2D eigenvalue weighted by molar-refractivity contribution is 0.0513. The predicted molar refractivity (Wildman–Crippen MR) is 139 cm³/mol. The average molecular weight is 467 g/mol. The summed E-state index contributed by atoms with van der Waals surface area (Å²) in [4.78, 5) is 28.9. The maximum absolute atomic E-state index is 14.2. The van der Waals surface area contributed by atoms with Gasteiger partial charge in [0.15, 0.2) is 0 Å². The Morgan fingerprint density at radius 3 is 1.91 bits per heavy atom. The molecule has 178 valence electrons. The number of ether oxygens (including phenoxy) is 1. The van der Waals surface area contributed by atoms with E-state index in [9.17, 15) is 9.59 Å². The first kappa shape index (κ1) is 24.0.